The average Bonchev–Trinajstić information content (AvgIpc) is 2.95. The molecule has 0 saturated heterocycles. The lowest BCUT2D eigenvalue weighted by Crippen LogP contribution is -2.17. The number of rotatable bonds is 2. The van der Waals surface area contributed by atoms with E-state index < -0.39 is 0 Å². The Bertz CT molecular complexity index is 972. The Hall–Kier alpha value is -2.46. The highest BCUT2D eigenvalue weighted by atomic mass is 35.5. The van der Waals surface area contributed by atoms with Crippen LogP contribution in [0, 0.1) is 6.92 Å². The molecule has 2 aromatic carbocycles. The van der Waals surface area contributed by atoms with Crippen molar-refractivity contribution >= 4 is 18.1 Å². The molecule has 0 aliphatic carbocycles. The highest BCUT2D eigenvalue weighted by Crippen LogP contribution is 2.42. The zero-order valence-electron chi connectivity index (χ0n) is 18.3. The van der Waals surface area contributed by atoms with Crippen molar-refractivity contribution in [1.82, 2.24) is 4.98 Å². The van der Waals surface area contributed by atoms with E-state index in [4.69, 9.17) is 15.1 Å². The van der Waals surface area contributed by atoms with Crippen LogP contribution in [0.3, 0.4) is 0 Å². The minimum absolute atomic E-state index is 0. The van der Waals surface area contributed by atoms with Crippen molar-refractivity contribution in [3.05, 3.63) is 53.3 Å². The molecule has 0 bridgehead atoms. The summed E-state index contributed by atoms with van der Waals surface area (Å²) in [4.78, 5) is 4.77. The van der Waals surface area contributed by atoms with Crippen LogP contribution in [-0.4, -0.2) is 10.1 Å². The van der Waals surface area contributed by atoms with Crippen molar-refractivity contribution in [2.45, 2.75) is 59.3 Å². The van der Waals surface area contributed by atoms with E-state index in [1.165, 1.54) is 0 Å². The lowest BCUT2D eigenvalue weighted by molar-refractivity contribution is 0.423. The minimum Gasteiger partial charge on any atom is -0.507 e. The van der Waals surface area contributed by atoms with Crippen LogP contribution in [0.15, 0.2) is 40.8 Å². The second kappa shape index (κ2) is 7.75. The normalized spacial score (nSPS) is 12.0. The maximum absolute atomic E-state index is 10.9. The van der Waals surface area contributed by atoms with Gasteiger partial charge in [-0.15, -0.1) is 12.4 Å². The lowest BCUT2D eigenvalue weighted by Gasteiger charge is -2.27. The fourth-order valence-corrected chi connectivity index (χ4v) is 3.33. The molecule has 0 radical (unpaired) electrons. The molecule has 1 aromatic heterocycles. The Morgan fingerprint density at radius 3 is 1.79 bits per heavy atom. The number of aromatic nitrogens is 1. The number of phenols is 1. The maximum atomic E-state index is 10.9. The number of hydrogen-bond donors (Lipinski definition) is 2. The number of halogens is 1. The molecule has 0 atom stereocenters. The Morgan fingerprint density at radius 1 is 0.862 bits per heavy atom. The van der Waals surface area contributed by atoms with Gasteiger partial charge in [-0.1, -0.05) is 53.7 Å². The molecule has 0 aliphatic rings. The molecule has 5 heteroatoms. The van der Waals surface area contributed by atoms with Crippen LogP contribution in [0.25, 0.3) is 22.7 Å². The van der Waals surface area contributed by atoms with Crippen LogP contribution >= 0.6 is 12.4 Å². The minimum atomic E-state index is -0.207. The molecule has 29 heavy (non-hydrogen) atoms. The lowest BCUT2D eigenvalue weighted by atomic mass is 9.78. The van der Waals surface area contributed by atoms with Gasteiger partial charge in [0.1, 0.15) is 17.2 Å². The number of hydrogen-bond acceptors (Lipinski definition) is 4. The van der Waals surface area contributed by atoms with Gasteiger partial charge >= 0.3 is 0 Å². The number of phenolic OH excluding ortho intramolecular Hbond substituents is 1. The van der Waals surface area contributed by atoms with E-state index in [-0.39, 0.29) is 23.2 Å². The standard InChI is InChI=1S/C24H30N2O2.ClH/c1-14-20(15-8-10-17(25)11-9-15)26-22(28-14)16-12-18(23(2,3)4)21(27)19(13-16)24(5,6)7;/h8-13,27H,25H2,1-7H3;1H. The molecule has 3 aromatic rings. The molecule has 0 amide bonds. The predicted octanol–water partition coefficient (Wildman–Crippen LogP) is 6.62. The van der Waals surface area contributed by atoms with Crippen LogP contribution < -0.4 is 5.73 Å². The number of aromatic hydroxyl groups is 1. The summed E-state index contributed by atoms with van der Waals surface area (Å²) in [6, 6.07) is 11.6. The maximum Gasteiger partial charge on any atom is 0.226 e. The Kier molecular flexibility index (Phi) is 6.10. The monoisotopic (exact) mass is 414 g/mol. The fourth-order valence-electron chi connectivity index (χ4n) is 3.33. The van der Waals surface area contributed by atoms with E-state index in [1.807, 2.05) is 43.3 Å². The van der Waals surface area contributed by atoms with E-state index in [2.05, 4.69) is 41.5 Å². The average molecular weight is 415 g/mol. The molecule has 0 unspecified atom stereocenters. The molecule has 0 saturated carbocycles. The molecule has 4 nitrogen and oxygen atoms in total. The van der Waals surface area contributed by atoms with E-state index in [0.717, 1.165) is 33.7 Å². The zero-order valence-corrected chi connectivity index (χ0v) is 19.1. The summed E-state index contributed by atoms with van der Waals surface area (Å²) < 4.78 is 6.04. The largest absolute Gasteiger partial charge is 0.507 e. The van der Waals surface area contributed by atoms with E-state index >= 15 is 0 Å². The number of nitrogen functional groups attached to an aromatic ring is 1. The Morgan fingerprint density at radius 2 is 1.34 bits per heavy atom. The van der Waals surface area contributed by atoms with Gasteiger partial charge in [0.2, 0.25) is 5.89 Å². The number of oxazole rings is 1. The van der Waals surface area contributed by atoms with Gasteiger partial charge in [0, 0.05) is 27.9 Å². The quantitative estimate of drug-likeness (QED) is 0.462. The molecule has 3 N–H and O–H groups in total. The smallest absolute Gasteiger partial charge is 0.226 e. The molecule has 0 aliphatic heterocycles. The Labute approximate surface area is 179 Å². The van der Waals surface area contributed by atoms with Crippen molar-refractivity contribution < 1.29 is 9.52 Å². The molecule has 0 fully saturated rings. The van der Waals surface area contributed by atoms with Gasteiger partial charge in [-0.25, -0.2) is 4.98 Å². The third-order valence-electron chi connectivity index (χ3n) is 4.95. The first-order chi connectivity index (χ1) is 12.9. The number of benzene rings is 2. The van der Waals surface area contributed by atoms with Crippen LogP contribution in [-0.2, 0) is 10.8 Å². The molecular weight excluding hydrogens is 384 g/mol. The topological polar surface area (TPSA) is 72.3 Å². The van der Waals surface area contributed by atoms with Gasteiger partial charge in [-0.2, -0.15) is 0 Å². The van der Waals surface area contributed by atoms with E-state index in [0.29, 0.717) is 17.3 Å². The van der Waals surface area contributed by atoms with Gasteiger partial charge < -0.3 is 15.3 Å². The van der Waals surface area contributed by atoms with E-state index in [9.17, 15) is 5.11 Å². The van der Waals surface area contributed by atoms with Gasteiger partial charge in [0.15, 0.2) is 0 Å². The SMILES string of the molecule is Cc1oc(-c2cc(C(C)(C)C)c(O)c(C(C)(C)C)c2)nc1-c1ccc(N)cc1.Cl. The van der Waals surface area contributed by atoms with Crippen LogP contribution in [0.4, 0.5) is 5.69 Å². The van der Waals surface area contributed by atoms with Crippen molar-refractivity contribution in [3.63, 3.8) is 0 Å². The summed E-state index contributed by atoms with van der Waals surface area (Å²) in [6.45, 7) is 14.5. The molecule has 1 heterocycles. The second-order valence-electron chi connectivity index (χ2n) is 9.47. The molecule has 3 rings (SSSR count). The van der Waals surface area contributed by atoms with Crippen molar-refractivity contribution in [1.29, 1.82) is 0 Å². The predicted molar refractivity (Wildman–Crippen MR) is 123 cm³/mol. The summed E-state index contributed by atoms with van der Waals surface area (Å²) in [5, 5.41) is 10.9. The van der Waals surface area contributed by atoms with Gasteiger partial charge in [-0.05, 0) is 42.0 Å². The summed E-state index contributed by atoms with van der Waals surface area (Å²) in [7, 11) is 0. The summed E-state index contributed by atoms with van der Waals surface area (Å²) in [6.07, 6.45) is 0. The highest BCUT2D eigenvalue weighted by molar-refractivity contribution is 5.85. The molecular formula is C24H31ClN2O2. The first kappa shape index (κ1) is 22.8. The van der Waals surface area contributed by atoms with Crippen molar-refractivity contribution in [2.24, 2.45) is 0 Å². The fraction of sp³-hybridized carbons (Fsp3) is 0.375. The number of aryl methyl sites for hydroxylation is 1. The summed E-state index contributed by atoms with van der Waals surface area (Å²) in [5.41, 5.74) is 10.5. The van der Waals surface area contributed by atoms with Gasteiger partial charge in [-0.3, -0.25) is 0 Å². The zero-order chi connectivity index (χ0) is 20.9. The number of nitrogens with zero attached hydrogens (tertiary/aromatic N) is 1. The molecule has 156 valence electrons. The number of anilines is 1. The summed E-state index contributed by atoms with van der Waals surface area (Å²) in [5.74, 6) is 1.66. The van der Waals surface area contributed by atoms with Crippen LogP contribution in [0.1, 0.15) is 58.4 Å². The van der Waals surface area contributed by atoms with Crippen LogP contribution in [0.5, 0.6) is 5.75 Å². The Balaban J connectivity index is 0.00000300. The third kappa shape index (κ3) is 4.59. The first-order valence-corrected chi connectivity index (χ1v) is 9.59. The second-order valence-corrected chi connectivity index (χ2v) is 9.47. The van der Waals surface area contributed by atoms with Gasteiger partial charge in [0.25, 0.3) is 0 Å². The summed E-state index contributed by atoms with van der Waals surface area (Å²) >= 11 is 0. The first-order valence-electron chi connectivity index (χ1n) is 9.59. The highest BCUT2D eigenvalue weighted by Gasteiger charge is 2.28. The third-order valence-corrected chi connectivity index (χ3v) is 4.95. The van der Waals surface area contributed by atoms with Crippen molar-refractivity contribution in [3.8, 4) is 28.5 Å². The molecule has 0 spiro atoms. The van der Waals surface area contributed by atoms with Gasteiger partial charge in [0.05, 0.1) is 0 Å². The van der Waals surface area contributed by atoms with E-state index in [1.54, 1.807) is 0 Å². The van der Waals surface area contributed by atoms with Crippen LogP contribution in [0.2, 0.25) is 0 Å². The van der Waals surface area contributed by atoms with Crippen molar-refractivity contribution in [2.75, 3.05) is 5.73 Å². The number of nitrogens with two attached hydrogens (primary N) is 1.